The highest BCUT2D eigenvalue weighted by Gasteiger charge is 2.25. The number of benzene rings is 1. The largest absolute Gasteiger partial charge is 0.495 e. The highest BCUT2D eigenvalue weighted by Crippen LogP contribution is 2.39. The lowest BCUT2D eigenvalue weighted by Crippen LogP contribution is -2.12. The van der Waals surface area contributed by atoms with Gasteiger partial charge in [0.05, 0.1) is 28.9 Å². The van der Waals surface area contributed by atoms with Gasteiger partial charge < -0.3 is 14.6 Å². The second-order valence-electron chi connectivity index (χ2n) is 5.75. The first kappa shape index (κ1) is 20.1. The van der Waals surface area contributed by atoms with Crippen molar-refractivity contribution in [3.05, 3.63) is 45.4 Å². The molecule has 0 atom stereocenters. The summed E-state index contributed by atoms with van der Waals surface area (Å²) in [6.45, 7) is -1.40. The lowest BCUT2D eigenvalue weighted by molar-refractivity contribution is -0.136. The van der Waals surface area contributed by atoms with Crippen LogP contribution in [0.2, 0.25) is 5.02 Å². The summed E-state index contributed by atoms with van der Waals surface area (Å²) >= 11 is 7.15. The van der Waals surface area contributed by atoms with Crippen molar-refractivity contribution in [1.29, 1.82) is 0 Å². The van der Waals surface area contributed by atoms with Gasteiger partial charge in [-0.25, -0.2) is 0 Å². The number of methoxy groups -OCH3 is 1. The normalized spacial score (nSPS) is 11.2. The predicted molar refractivity (Wildman–Crippen MR) is 100 cm³/mol. The number of carbonyl (C=O) groups excluding carboxylic acids is 1. The zero-order valence-electron chi connectivity index (χ0n) is 14.7. The first-order valence-electron chi connectivity index (χ1n) is 7.92. The number of rotatable bonds is 6. The summed E-state index contributed by atoms with van der Waals surface area (Å²) in [5.74, 6) is -1.25. The molecular weight excluding hydrogens is 416 g/mol. The molecular formula is C18H14ClF2NO5S. The van der Waals surface area contributed by atoms with Gasteiger partial charge in [0.2, 0.25) is 0 Å². The molecule has 0 spiro atoms. The van der Waals surface area contributed by atoms with Gasteiger partial charge in [-0.1, -0.05) is 22.9 Å². The standard InChI is InChI=1S/C18H14ClF2NO5S/c1-8-9(7-13(23)24)15-10(3-4-11(26-2)16(15)19)22(8)17(25)12-5-6-14(28-12)27-18(20)21/h3-6,18H,7H2,1-2H3,(H,23,24). The molecule has 3 aromatic rings. The van der Waals surface area contributed by atoms with Gasteiger partial charge in [-0.05, 0) is 36.8 Å². The maximum atomic E-state index is 13.1. The third kappa shape index (κ3) is 3.55. The Kier molecular flexibility index (Phi) is 5.57. The van der Waals surface area contributed by atoms with E-state index in [9.17, 15) is 23.5 Å². The second kappa shape index (κ2) is 7.76. The first-order valence-corrected chi connectivity index (χ1v) is 9.11. The van der Waals surface area contributed by atoms with Crippen LogP contribution in [0.4, 0.5) is 8.78 Å². The Morgan fingerprint density at radius 3 is 2.61 bits per heavy atom. The van der Waals surface area contributed by atoms with Gasteiger partial charge in [0, 0.05) is 11.1 Å². The van der Waals surface area contributed by atoms with E-state index in [0.29, 0.717) is 27.9 Å². The number of ether oxygens (including phenoxy) is 2. The van der Waals surface area contributed by atoms with Crippen LogP contribution in [0.15, 0.2) is 24.3 Å². The summed E-state index contributed by atoms with van der Waals surface area (Å²) in [7, 11) is 1.43. The van der Waals surface area contributed by atoms with Crippen molar-refractivity contribution in [1.82, 2.24) is 4.57 Å². The molecule has 0 aliphatic carbocycles. The molecule has 148 valence electrons. The van der Waals surface area contributed by atoms with Gasteiger partial charge in [0.1, 0.15) is 5.75 Å². The molecule has 10 heteroatoms. The van der Waals surface area contributed by atoms with E-state index in [1.54, 1.807) is 19.1 Å². The minimum absolute atomic E-state index is 0.0991. The third-order valence-corrected chi connectivity index (χ3v) is 5.49. The molecule has 0 unspecified atom stereocenters. The van der Waals surface area contributed by atoms with E-state index in [4.69, 9.17) is 16.3 Å². The Labute approximate surface area is 166 Å². The molecule has 0 saturated carbocycles. The maximum absolute atomic E-state index is 13.1. The van der Waals surface area contributed by atoms with Gasteiger partial charge in [-0.15, -0.1) is 0 Å². The molecule has 0 saturated heterocycles. The quantitative estimate of drug-likeness (QED) is 0.620. The first-order chi connectivity index (χ1) is 13.2. The maximum Gasteiger partial charge on any atom is 0.388 e. The number of carboxylic acids is 1. The number of aliphatic carboxylic acids is 1. The Hall–Kier alpha value is -2.65. The number of nitrogens with zero attached hydrogens (tertiary/aromatic N) is 1. The molecule has 3 rings (SSSR count). The van der Waals surface area contributed by atoms with Gasteiger partial charge in [-0.3, -0.25) is 14.2 Å². The molecule has 6 nitrogen and oxygen atoms in total. The fourth-order valence-corrected chi connectivity index (χ4v) is 4.14. The number of carboxylic acid groups (broad SMARTS) is 1. The van der Waals surface area contributed by atoms with E-state index in [1.807, 2.05) is 0 Å². The van der Waals surface area contributed by atoms with E-state index in [0.717, 1.165) is 11.3 Å². The number of hydrogen-bond acceptors (Lipinski definition) is 5. The third-order valence-electron chi connectivity index (χ3n) is 4.15. The fourth-order valence-electron chi connectivity index (χ4n) is 3.00. The molecule has 0 fully saturated rings. The number of fused-ring (bicyclic) bond motifs is 1. The number of thiophene rings is 1. The van der Waals surface area contributed by atoms with Crippen LogP contribution < -0.4 is 9.47 Å². The van der Waals surface area contributed by atoms with Crippen LogP contribution in [-0.4, -0.2) is 35.3 Å². The topological polar surface area (TPSA) is 77.8 Å². The average molecular weight is 430 g/mol. The summed E-state index contributed by atoms with van der Waals surface area (Å²) < 4.78 is 35.6. The summed E-state index contributed by atoms with van der Waals surface area (Å²) in [6, 6.07) is 5.82. The van der Waals surface area contributed by atoms with E-state index in [1.165, 1.54) is 23.8 Å². The SMILES string of the molecule is COc1ccc2c(c1Cl)c(CC(=O)O)c(C)n2C(=O)c1ccc(OC(F)F)s1. The van der Waals surface area contributed by atoms with Gasteiger partial charge in [0.25, 0.3) is 5.91 Å². The molecule has 0 bridgehead atoms. The van der Waals surface area contributed by atoms with Crippen molar-refractivity contribution in [2.24, 2.45) is 0 Å². The molecule has 1 aromatic carbocycles. The zero-order valence-corrected chi connectivity index (χ0v) is 16.2. The Morgan fingerprint density at radius 2 is 2.00 bits per heavy atom. The Bertz CT molecular complexity index is 1080. The number of hydrogen-bond donors (Lipinski definition) is 1. The number of halogens is 3. The molecule has 1 N–H and O–H groups in total. The van der Waals surface area contributed by atoms with Crippen molar-refractivity contribution in [3.63, 3.8) is 0 Å². The number of alkyl halides is 2. The highest BCUT2D eigenvalue weighted by molar-refractivity contribution is 7.15. The van der Waals surface area contributed by atoms with E-state index >= 15 is 0 Å². The smallest absolute Gasteiger partial charge is 0.388 e. The molecule has 2 aromatic heterocycles. The minimum Gasteiger partial charge on any atom is -0.495 e. The van der Waals surface area contributed by atoms with Crippen molar-refractivity contribution < 1.29 is 33.0 Å². The Balaban J connectivity index is 2.19. The molecule has 0 radical (unpaired) electrons. The molecule has 2 heterocycles. The predicted octanol–water partition coefficient (Wildman–Crippen LogP) is 4.59. The van der Waals surface area contributed by atoms with Crippen molar-refractivity contribution in [2.45, 2.75) is 20.0 Å². The summed E-state index contributed by atoms with van der Waals surface area (Å²) in [4.78, 5) is 24.5. The summed E-state index contributed by atoms with van der Waals surface area (Å²) in [5.41, 5.74) is 1.16. The minimum atomic E-state index is -3.00. The van der Waals surface area contributed by atoms with Crippen LogP contribution in [0.25, 0.3) is 10.9 Å². The molecule has 28 heavy (non-hydrogen) atoms. The summed E-state index contributed by atoms with van der Waals surface area (Å²) in [5, 5.41) is 9.76. The van der Waals surface area contributed by atoms with Crippen LogP contribution in [0, 0.1) is 6.92 Å². The van der Waals surface area contributed by atoms with Gasteiger partial charge in [-0.2, -0.15) is 8.78 Å². The van der Waals surface area contributed by atoms with Gasteiger partial charge >= 0.3 is 12.6 Å². The lowest BCUT2D eigenvalue weighted by atomic mass is 10.1. The lowest BCUT2D eigenvalue weighted by Gasteiger charge is -2.07. The zero-order chi connectivity index (χ0) is 20.6. The van der Waals surface area contributed by atoms with E-state index < -0.39 is 18.5 Å². The average Bonchev–Trinajstić information content (AvgIpc) is 3.18. The Morgan fingerprint density at radius 1 is 1.29 bits per heavy atom. The van der Waals surface area contributed by atoms with Crippen molar-refractivity contribution in [2.75, 3.05) is 7.11 Å². The van der Waals surface area contributed by atoms with Gasteiger partial charge in [0.15, 0.2) is 5.06 Å². The van der Waals surface area contributed by atoms with Crippen LogP contribution in [0.1, 0.15) is 20.9 Å². The fraction of sp³-hybridized carbons (Fsp3) is 0.222. The van der Waals surface area contributed by atoms with Crippen molar-refractivity contribution >= 4 is 45.7 Å². The van der Waals surface area contributed by atoms with Crippen LogP contribution in [0.3, 0.4) is 0 Å². The van der Waals surface area contributed by atoms with Crippen LogP contribution in [0.5, 0.6) is 10.8 Å². The molecule has 0 aliphatic heterocycles. The van der Waals surface area contributed by atoms with Crippen LogP contribution in [-0.2, 0) is 11.2 Å². The van der Waals surface area contributed by atoms with E-state index in [2.05, 4.69) is 4.74 Å². The second-order valence-corrected chi connectivity index (χ2v) is 7.17. The highest BCUT2D eigenvalue weighted by atomic mass is 35.5. The van der Waals surface area contributed by atoms with Crippen LogP contribution >= 0.6 is 22.9 Å². The monoisotopic (exact) mass is 429 g/mol. The summed E-state index contributed by atoms with van der Waals surface area (Å²) in [6.07, 6.45) is -0.348. The van der Waals surface area contributed by atoms with Crippen molar-refractivity contribution in [3.8, 4) is 10.8 Å². The number of aromatic nitrogens is 1. The van der Waals surface area contributed by atoms with E-state index in [-0.39, 0.29) is 21.4 Å². The molecule has 0 amide bonds. The molecule has 0 aliphatic rings. The number of carbonyl (C=O) groups is 2.